The van der Waals surface area contributed by atoms with Crippen molar-refractivity contribution < 1.29 is 9.13 Å². The molecular formula is C18H23FN4O. The Balaban J connectivity index is 2.04. The van der Waals surface area contributed by atoms with E-state index in [1.165, 1.54) is 6.07 Å². The van der Waals surface area contributed by atoms with Gasteiger partial charge in [-0.05, 0) is 26.0 Å². The van der Waals surface area contributed by atoms with Crippen molar-refractivity contribution in [3.8, 4) is 5.88 Å². The fourth-order valence-electron chi connectivity index (χ4n) is 2.14. The second-order valence-electron chi connectivity index (χ2n) is 5.04. The highest BCUT2D eigenvalue weighted by Crippen LogP contribution is 2.15. The summed E-state index contributed by atoms with van der Waals surface area (Å²) in [6, 6.07) is 10.5. The molecule has 0 saturated carbocycles. The number of guanidine groups is 1. The molecule has 6 heteroatoms. The van der Waals surface area contributed by atoms with Crippen molar-refractivity contribution in [2.24, 2.45) is 4.99 Å². The number of aromatic nitrogens is 1. The molecule has 2 N–H and O–H groups in total. The molecule has 0 spiro atoms. The number of hydrogen-bond acceptors (Lipinski definition) is 3. The van der Waals surface area contributed by atoms with Crippen LogP contribution < -0.4 is 15.4 Å². The number of ether oxygens (including phenoxy) is 1. The molecule has 1 aromatic heterocycles. The third-order valence-corrected chi connectivity index (χ3v) is 3.29. The minimum atomic E-state index is -0.230. The lowest BCUT2D eigenvalue weighted by molar-refractivity contribution is 0.323. The lowest BCUT2D eigenvalue weighted by Crippen LogP contribution is -2.37. The molecular weight excluding hydrogens is 307 g/mol. The maximum atomic E-state index is 13.7. The summed E-state index contributed by atoms with van der Waals surface area (Å²) in [6.07, 6.45) is 1.69. The van der Waals surface area contributed by atoms with Gasteiger partial charge in [0.15, 0.2) is 5.96 Å². The molecule has 0 fully saturated rings. The highest BCUT2D eigenvalue weighted by Gasteiger charge is 2.05. The first-order valence-electron chi connectivity index (χ1n) is 8.06. The van der Waals surface area contributed by atoms with Crippen LogP contribution in [0.4, 0.5) is 4.39 Å². The van der Waals surface area contributed by atoms with Crippen LogP contribution in [-0.4, -0.2) is 24.1 Å². The van der Waals surface area contributed by atoms with Crippen LogP contribution in [0.5, 0.6) is 5.88 Å². The topological polar surface area (TPSA) is 58.5 Å². The van der Waals surface area contributed by atoms with Gasteiger partial charge in [-0.1, -0.05) is 24.3 Å². The van der Waals surface area contributed by atoms with E-state index in [9.17, 15) is 4.39 Å². The molecule has 0 aliphatic heterocycles. The summed E-state index contributed by atoms with van der Waals surface area (Å²) in [5.41, 5.74) is 1.50. The van der Waals surface area contributed by atoms with E-state index in [1.807, 2.05) is 32.0 Å². The number of nitrogens with one attached hydrogen (secondary N) is 2. The number of benzene rings is 1. The highest BCUT2D eigenvalue weighted by molar-refractivity contribution is 5.79. The molecule has 0 aliphatic carbocycles. The normalized spacial score (nSPS) is 11.2. The lowest BCUT2D eigenvalue weighted by atomic mass is 10.2. The van der Waals surface area contributed by atoms with Gasteiger partial charge in [-0.2, -0.15) is 0 Å². The molecule has 0 atom stereocenters. The Morgan fingerprint density at radius 3 is 2.67 bits per heavy atom. The number of nitrogens with zero attached hydrogens (tertiary/aromatic N) is 2. The van der Waals surface area contributed by atoms with Crippen molar-refractivity contribution in [1.29, 1.82) is 0 Å². The van der Waals surface area contributed by atoms with Gasteiger partial charge in [-0.3, -0.25) is 0 Å². The maximum absolute atomic E-state index is 13.7. The molecule has 2 aromatic rings. The van der Waals surface area contributed by atoms with Crippen molar-refractivity contribution in [1.82, 2.24) is 15.6 Å². The largest absolute Gasteiger partial charge is 0.478 e. The summed E-state index contributed by atoms with van der Waals surface area (Å²) in [5, 5.41) is 6.29. The Labute approximate surface area is 142 Å². The Morgan fingerprint density at radius 2 is 1.92 bits per heavy atom. The van der Waals surface area contributed by atoms with E-state index < -0.39 is 0 Å². The molecule has 128 valence electrons. The minimum absolute atomic E-state index is 0.230. The van der Waals surface area contributed by atoms with Gasteiger partial charge < -0.3 is 15.4 Å². The molecule has 0 radical (unpaired) electrons. The number of hydrogen-bond donors (Lipinski definition) is 2. The van der Waals surface area contributed by atoms with Crippen LogP contribution in [0.25, 0.3) is 0 Å². The minimum Gasteiger partial charge on any atom is -0.478 e. The third kappa shape index (κ3) is 5.22. The number of aliphatic imine (C=N–C) groups is 1. The molecule has 0 amide bonds. The van der Waals surface area contributed by atoms with Gasteiger partial charge >= 0.3 is 0 Å². The number of pyridine rings is 1. The second kappa shape index (κ2) is 9.50. The Hall–Kier alpha value is -2.63. The Bertz CT molecular complexity index is 676. The molecule has 24 heavy (non-hydrogen) atoms. The van der Waals surface area contributed by atoms with Crippen LogP contribution in [0.2, 0.25) is 0 Å². The average molecular weight is 330 g/mol. The van der Waals surface area contributed by atoms with Gasteiger partial charge in [0.1, 0.15) is 5.82 Å². The fraction of sp³-hybridized carbons (Fsp3) is 0.333. The van der Waals surface area contributed by atoms with Crippen LogP contribution in [-0.2, 0) is 13.1 Å². The van der Waals surface area contributed by atoms with Gasteiger partial charge in [-0.15, -0.1) is 0 Å². The quantitative estimate of drug-likeness (QED) is 0.605. The molecule has 1 aromatic carbocycles. The Morgan fingerprint density at radius 1 is 1.12 bits per heavy atom. The van der Waals surface area contributed by atoms with Crippen molar-refractivity contribution in [2.75, 3.05) is 13.2 Å². The molecule has 0 unspecified atom stereocenters. The van der Waals surface area contributed by atoms with Crippen molar-refractivity contribution in [2.45, 2.75) is 26.9 Å². The molecule has 1 heterocycles. The van der Waals surface area contributed by atoms with Crippen LogP contribution in [0.15, 0.2) is 47.6 Å². The predicted octanol–water partition coefficient (Wildman–Crippen LogP) is 2.87. The van der Waals surface area contributed by atoms with E-state index in [0.717, 1.165) is 5.56 Å². The monoisotopic (exact) mass is 330 g/mol. The van der Waals surface area contributed by atoms with Crippen LogP contribution in [0.1, 0.15) is 25.0 Å². The summed E-state index contributed by atoms with van der Waals surface area (Å²) in [7, 11) is 0. The number of rotatable bonds is 7. The summed E-state index contributed by atoms with van der Waals surface area (Å²) in [5.74, 6) is 0.979. The maximum Gasteiger partial charge on any atom is 0.218 e. The van der Waals surface area contributed by atoms with Crippen LogP contribution in [0.3, 0.4) is 0 Å². The van der Waals surface area contributed by atoms with Crippen molar-refractivity contribution >= 4 is 5.96 Å². The first-order chi connectivity index (χ1) is 11.7. The van der Waals surface area contributed by atoms with Crippen molar-refractivity contribution in [3.63, 3.8) is 0 Å². The molecule has 2 rings (SSSR count). The van der Waals surface area contributed by atoms with E-state index in [2.05, 4.69) is 20.6 Å². The van der Waals surface area contributed by atoms with E-state index in [-0.39, 0.29) is 5.82 Å². The molecule has 0 aliphatic rings. The lowest BCUT2D eigenvalue weighted by Gasteiger charge is -2.12. The zero-order valence-electron chi connectivity index (χ0n) is 14.1. The van der Waals surface area contributed by atoms with Crippen LogP contribution in [0, 0.1) is 5.82 Å². The van der Waals surface area contributed by atoms with Gasteiger partial charge in [-0.25, -0.2) is 14.4 Å². The van der Waals surface area contributed by atoms with E-state index in [1.54, 1.807) is 18.3 Å². The number of halogens is 1. The summed E-state index contributed by atoms with van der Waals surface area (Å²) in [4.78, 5) is 8.74. The summed E-state index contributed by atoms with van der Waals surface area (Å²) in [6.45, 7) is 5.96. The zero-order valence-corrected chi connectivity index (χ0v) is 14.1. The molecule has 0 bridgehead atoms. The Kier molecular flexibility index (Phi) is 7.01. The standard InChI is InChI=1S/C18H23FN4O/c1-3-20-18(22-12-14-8-5-6-10-16(14)19)23-13-15-9-7-11-21-17(15)24-4-2/h5-11H,3-4,12-13H2,1-2H3,(H2,20,22,23). The van der Waals surface area contributed by atoms with Crippen LogP contribution >= 0.6 is 0 Å². The molecule has 5 nitrogen and oxygen atoms in total. The SMILES string of the molecule is CCNC(=NCc1cccnc1OCC)NCc1ccccc1F. The predicted molar refractivity (Wildman–Crippen MR) is 93.5 cm³/mol. The van der Waals surface area contributed by atoms with E-state index >= 15 is 0 Å². The highest BCUT2D eigenvalue weighted by atomic mass is 19.1. The van der Waals surface area contributed by atoms with Gasteiger partial charge in [0.2, 0.25) is 5.88 Å². The van der Waals surface area contributed by atoms with Crippen molar-refractivity contribution in [3.05, 3.63) is 59.5 Å². The average Bonchev–Trinajstić information content (AvgIpc) is 2.60. The fourth-order valence-corrected chi connectivity index (χ4v) is 2.14. The first kappa shape index (κ1) is 17.7. The third-order valence-electron chi connectivity index (χ3n) is 3.29. The zero-order chi connectivity index (χ0) is 17.2. The molecule has 0 saturated heterocycles. The van der Waals surface area contributed by atoms with E-state index in [4.69, 9.17) is 4.74 Å². The smallest absolute Gasteiger partial charge is 0.218 e. The van der Waals surface area contributed by atoms with Gasteiger partial charge in [0.25, 0.3) is 0 Å². The van der Waals surface area contributed by atoms with E-state index in [0.29, 0.717) is 43.6 Å². The van der Waals surface area contributed by atoms with Gasteiger partial charge in [0.05, 0.1) is 13.2 Å². The summed E-state index contributed by atoms with van der Waals surface area (Å²) < 4.78 is 19.2. The van der Waals surface area contributed by atoms with Gasteiger partial charge in [0, 0.05) is 30.4 Å². The second-order valence-corrected chi connectivity index (χ2v) is 5.04. The summed E-state index contributed by atoms with van der Waals surface area (Å²) >= 11 is 0. The first-order valence-corrected chi connectivity index (χ1v) is 8.06.